The third-order valence-corrected chi connectivity index (χ3v) is 5.21. The van der Waals surface area contributed by atoms with E-state index in [9.17, 15) is 19.7 Å². The van der Waals surface area contributed by atoms with E-state index in [0.29, 0.717) is 5.56 Å². The lowest BCUT2D eigenvalue weighted by Gasteiger charge is -2.25. The highest BCUT2D eigenvalue weighted by Gasteiger charge is 2.20. The monoisotopic (exact) mass is 405 g/mol. The van der Waals surface area contributed by atoms with Crippen LogP contribution in [0.4, 0.5) is 5.69 Å². The average molecular weight is 405 g/mol. The van der Waals surface area contributed by atoms with Gasteiger partial charge in [0.2, 0.25) is 11.8 Å². The number of nitro benzene ring substituents is 1. The van der Waals surface area contributed by atoms with E-state index in [-0.39, 0.29) is 36.5 Å². The topological polar surface area (TPSA) is 92.6 Å². The number of rotatable bonds is 7. The van der Waals surface area contributed by atoms with Gasteiger partial charge in [-0.2, -0.15) is 0 Å². The normalized spacial score (nSPS) is 11.7. The van der Waals surface area contributed by atoms with Gasteiger partial charge >= 0.3 is 0 Å². The van der Waals surface area contributed by atoms with Crippen LogP contribution in [-0.4, -0.2) is 35.2 Å². The van der Waals surface area contributed by atoms with Crippen molar-refractivity contribution in [1.29, 1.82) is 0 Å². The maximum absolute atomic E-state index is 12.5. The van der Waals surface area contributed by atoms with Crippen molar-refractivity contribution >= 4 is 28.3 Å². The lowest BCUT2D eigenvalue weighted by molar-refractivity contribution is -0.384. The van der Waals surface area contributed by atoms with Gasteiger partial charge in [0.25, 0.3) is 5.69 Å². The lowest BCUT2D eigenvalue weighted by Crippen LogP contribution is -2.39. The van der Waals surface area contributed by atoms with E-state index >= 15 is 0 Å². The third-order valence-electron chi connectivity index (χ3n) is 5.21. The number of nitrogens with zero attached hydrogens (tertiary/aromatic N) is 2. The zero-order chi connectivity index (χ0) is 21.7. The van der Waals surface area contributed by atoms with Crippen LogP contribution in [0, 0.1) is 10.1 Å². The molecule has 0 bridgehead atoms. The van der Waals surface area contributed by atoms with Gasteiger partial charge in [-0.25, -0.2) is 0 Å². The molecule has 0 spiro atoms. The van der Waals surface area contributed by atoms with Crippen molar-refractivity contribution in [1.82, 2.24) is 10.2 Å². The van der Waals surface area contributed by atoms with Crippen LogP contribution in [0.3, 0.4) is 0 Å². The van der Waals surface area contributed by atoms with Crippen molar-refractivity contribution in [3.05, 3.63) is 88.0 Å². The molecule has 1 atom stereocenters. The molecule has 30 heavy (non-hydrogen) atoms. The Labute approximate surface area is 174 Å². The first-order valence-corrected chi connectivity index (χ1v) is 9.60. The highest BCUT2D eigenvalue weighted by molar-refractivity contribution is 5.91. The van der Waals surface area contributed by atoms with Crippen molar-refractivity contribution in [2.75, 3.05) is 13.6 Å². The molecule has 7 nitrogen and oxygen atoms in total. The molecule has 3 aromatic rings. The largest absolute Gasteiger partial charge is 0.347 e. The van der Waals surface area contributed by atoms with Crippen molar-refractivity contribution in [2.24, 2.45) is 0 Å². The van der Waals surface area contributed by atoms with Crippen LogP contribution in [0.1, 0.15) is 24.1 Å². The minimum absolute atomic E-state index is 0.0245. The summed E-state index contributed by atoms with van der Waals surface area (Å²) in [5.74, 6) is -0.517. The van der Waals surface area contributed by atoms with Crippen LogP contribution >= 0.6 is 0 Å². The quantitative estimate of drug-likeness (QED) is 0.480. The highest BCUT2D eigenvalue weighted by atomic mass is 16.6. The second kappa shape index (κ2) is 9.17. The summed E-state index contributed by atoms with van der Waals surface area (Å²) in [6, 6.07) is 19.5. The number of amides is 2. The summed E-state index contributed by atoms with van der Waals surface area (Å²) in [4.78, 5) is 36.9. The standard InChI is InChI=1S/C23H23N3O4/c1-16(18-9-6-11-20(13-18)26(29)30)25(2)23(28)15-24-22(27)14-19-10-5-8-17-7-3-4-12-21(17)19/h3-13,16H,14-15H2,1-2H3,(H,24,27)/t16-/m1/s1. The van der Waals surface area contributed by atoms with E-state index in [1.807, 2.05) is 42.5 Å². The molecular formula is C23H23N3O4. The summed E-state index contributed by atoms with van der Waals surface area (Å²) >= 11 is 0. The SMILES string of the molecule is C[C@H](c1cccc([N+](=O)[O-])c1)N(C)C(=O)CNC(=O)Cc1cccc2ccccc12. The van der Waals surface area contributed by atoms with Gasteiger partial charge in [0, 0.05) is 19.2 Å². The number of fused-ring (bicyclic) bond motifs is 1. The minimum atomic E-state index is -0.467. The van der Waals surface area contributed by atoms with Crippen LogP contribution in [0.15, 0.2) is 66.7 Å². The molecule has 2 amide bonds. The Morgan fingerprint density at radius 3 is 2.53 bits per heavy atom. The zero-order valence-electron chi connectivity index (χ0n) is 16.9. The van der Waals surface area contributed by atoms with Gasteiger partial charge in [-0.15, -0.1) is 0 Å². The van der Waals surface area contributed by atoms with E-state index in [1.165, 1.54) is 17.0 Å². The second-order valence-corrected chi connectivity index (χ2v) is 7.12. The third kappa shape index (κ3) is 4.81. The first kappa shape index (κ1) is 21.0. The first-order valence-electron chi connectivity index (χ1n) is 9.60. The summed E-state index contributed by atoms with van der Waals surface area (Å²) in [7, 11) is 1.61. The summed E-state index contributed by atoms with van der Waals surface area (Å²) in [6.07, 6.45) is 0.179. The molecule has 0 aliphatic heterocycles. The number of non-ortho nitro benzene ring substituents is 1. The Bertz CT molecular complexity index is 1090. The van der Waals surface area contributed by atoms with E-state index in [2.05, 4.69) is 5.32 Å². The van der Waals surface area contributed by atoms with Gasteiger partial charge in [-0.1, -0.05) is 54.6 Å². The van der Waals surface area contributed by atoms with Gasteiger partial charge in [0.1, 0.15) is 0 Å². The van der Waals surface area contributed by atoms with Crippen LogP contribution in [0.2, 0.25) is 0 Å². The van der Waals surface area contributed by atoms with Gasteiger partial charge in [0.05, 0.1) is 23.9 Å². The molecule has 0 saturated heterocycles. The van der Waals surface area contributed by atoms with Crippen LogP contribution in [0.25, 0.3) is 10.8 Å². The second-order valence-electron chi connectivity index (χ2n) is 7.12. The van der Waals surface area contributed by atoms with E-state index in [0.717, 1.165) is 16.3 Å². The minimum Gasteiger partial charge on any atom is -0.347 e. The fraction of sp³-hybridized carbons (Fsp3) is 0.217. The summed E-state index contributed by atoms with van der Waals surface area (Å²) in [5, 5.41) is 15.7. The molecule has 0 aromatic heterocycles. The molecule has 0 saturated carbocycles. The summed E-state index contributed by atoms with van der Waals surface area (Å²) in [6.45, 7) is 1.65. The Morgan fingerprint density at radius 1 is 1.07 bits per heavy atom. The van der Waals surface area contributed by atoms with E-state index < -0.39 is 4.92 Å². The Balaban J connectivity index is 1.59. The summed E-state index contributed by atoms with van der Waals surface area (Å²) < 4.78 is 0. The van der Waals surface area contributed by atoms with Gasteiger partial charge in [-0.3, -0.25) is 19.7 Å². The molecule has 7 heteroatoms. The molecule has 3 aromatic carbocycles. The van der Waals surface area contributed by atoms with Crippen molar-refractivity contribution in [3.63, 3.8) is 0 Å². The maximum atomic E-state index is 12.5. The summed E-state index contributed by atoms with van der Waals surface area (Å²) in [5.41, 5.74) is 1.53. The average Bonchev–Trinajstić information content (AvgIpc) is 2.76. The Kier molecular flexibility index (Phi) is 6.41. The van der Waals surface area contributed by atoms with Gasteiger partial charge in [-0.05, 0) is 28.8 Å². The van der Waals surface area contributed by atoms with Crippen molar-refractivity contribution in [2.45, 2.75) is 19.4 Å². The van der Waals surface area contributed by atoms with Crippen LogP contribution in [-0.2, 0) is 16.0 Å². The molecule has 3 rings (SSSR count). The Morgan fingerprint density at radius 2 is 1.77 bits per heavy atom. The van der Waals surface area contributed by atoms with Crippen molar-refractivity contribution < 1.29 is 14.5 Å². The fourth-order valence-electron chi connectivity index (χ4n) is 3.32. The number of hydrogen-bond acceptors (Lipinski definition) is 4. The van der Waals surface area contributed by atoms with E-state index in [4.69, 9.17) is 0 Å². The predicted octanol–water partition coefficient (Wildman–Crippen LogP) is 3.63. The lowest BCUT2D eigenvalue weighted by atomic mass is 10.0. The van der Waals surface area contributed by atoms with E-state index in [1.54, 1.807) is 26.1 Å². The predicted molar refractivity (Wildman–Crippen MR) is 115 cm³/mol. The number of likely N-dealkylation sites (N-methyl/N-ethyl adjacent to an activating group) is 1. The number of benzene rings is 3. The molecule has 154 valence electrons. The van der Waals surface area contributed by atoms with Gasteiger partial charge in [0.15, 0.2) is 0 Å². The number of hydrogen-bond donors (Lipinski definition) is 1. The van der Waals surface area contributed by atoms with Gasteiger partial charge < -0.3 is 10.2 Å². The number of carbonyl (C=O) groups is 2. The maximum Gasteiger partial charge on any atom is 0.269 e. The number of nitro groups is 1. The van der Waals surface area contributed by atoms with Crippen LogP contribution in [0.5, 0.6) is 0 Å². The number of nitrogens with one attached hydrogen (secondary N) is 1. The molecule has 1 N–H and O–H groups in total. The highest BCUT2D eigenvalue weighted by Crippen LogP contribution is 2.23. The molecule has 0 aliphatic rings. The van der Waals surface area contributed by atoms with Crippen LogP contribution < -0.4 is 5.32 Å². The molecule has 0 radical (unpaired) electrons. The molecule has 0 fully saturated rings. The first-order chi connectivity index (χ1) is 14.4. The molecule has 0 aliphatic carbocycles. The number of carbonyl (C=O) groups excluding carboxylic acids is 2. The van der Waals surface area contributed by atoms with Crippen molar-refractivity contribution in [3.8, 4) is 0 Å². The molecule has 0 heterocycles. The zero-order valence-corrected chi connectivity index (χ0v) is 16.9. The molecular weight excluding hydrogens is 382 g/mol. The molecule has 0 unspecified atom stereocenters. The smallest absolute Gasteiger partial charge is 0.269 e. The fourth-order valence-corrected chi connectivity index (χ4v) is 3.32. The Hall–Kier alpha value is -3.74.